The summed E-state index contributed by atoms with van der Waals surface area (Å²) in [5.74, 6) is -1.99. The Bertz CT molecular complexity index is 665. The summed E-state index contributed by atoms with van der Waals surface area (Å²) in [4.78, 5) is 24.9. The lowest BCUT2D eigenvalue weighted by molar-refractivity contribution is -0.161. The van der Waals surface area contributed by atoms with Crippen LogP contribution in [0, 0.1) is 5.92 Å². The van der Waals surface area contributed by atoms with Crippen molar-refractivity contribution in [2.45, 2.75) is 25.5 Å². The van der Waals surface area contributed by atoms with Gasteiger partial charge in [-0.1, -0.05) is 12.1 Å². The van der Waals surface area contributed by atoms with E-state index in [0.717, 1.165) is 0 Å². The molecule has 110 valence electrons. The number of benzene rings is 1. The third kappa shape index (κ3) is 1.91. The molecule has 2 heterocycles. The van der Waals surface area contributed by atoms with Crippen LogP contribution in [0.1, 0.15) is 18.9 Å². The molecule has 1 saturated heterocycles. The van der Waals surface area contributed by atoms with Crippen molar-refractivity contribution >= 4 is 23.1 Å². The fourth-order valence-electron chi connectivity index (χ4n) is 3.25. The van der Waals surface area contributed by atoms with Gasteiger partial charge in [-0.05, 0) is 36.6 Å². The van der Waals surface area contributed by atoms with Crippen molar-refractivity contribution in [1.82, 2.24) is 4.90 Å². The van der Waals surface area contributed by atoms with Gasteiger partial charge in [-0.15, -0.1) is 0 Å². The first-order chi connectivity index (χ1) is 9.91. The number of aliphatic hydroxyl groups excluding tert-OH is 1. The van der Waals surface area contributed by atoms with Crippen molar-refractivity contribution in [2.24, 2.45) is 5.92 Å². The zero-order valence-corrected chi connectivity index (χ0v) is 11.5. The van der Waals surface area contributed by atoms with Crippen LogP contribution in [0.4, 0.5) is 5.69 Å². The molecule has 21 heavy (non-hydrogen) atoms. The second-order valence-corrected chi connectivity index (χ2v) is 5.50. The number of aliphatic carboxylic acids is 1. The van der Waals surface area contributed by atoms with Gasteiger partial charge >= 0.3 is 5.97 Å². The lowest BCUT2D eigenvalue weighted by Crippen LogP contribution is -2.61. The van der Waals surface area contributed by atoms with Gasteiger partial charge in [0, 0.05) is 5.69 Å². The minimum atomic E-state index is -1.13. The van der Waals surface area contributed by atoms with Crippen molar-refractivity contribution < 1.29 is 19.8 Å². The van der Waals surface area contributed by atoms with Gasteiger partial charge in [0.2, 0.25) is 5.91 Å². The first-order valence-electron chi connectivity index (χ1n) is 6.75. The highest BCUT2D eigenvalue weighted by molar-refractivity contribution is 6.06. The first kappa shape index (κ1) is 13.6. The molecular formula is C15H16N2O4. The van der Waals surface area contributed by atoms with Gasteiger partial charge in [-0.3, -0.25) is 4.79 Å². The predicted molar refractivity (Wildman–Crippen MR) is 75.8 cm³/mol. The zero-order valence-electron chi connectivity index (χ0n) is 11.5. The molecule has 1 fully saturated rings. The number of aliphatic hydroxyl groups is 1. The zero-order chi connectivity index (χ0) is 15.3. The van der Waals surface area contributed by atoms with Gasteiger partial charge in [0.1, 0.15) is 5.70 Å². The molecule has 0 unspecified atom stereocenters. The van der Waals surface area contributed by atoms with Gasteiger partial charge in [0.05, 0.1) is 18.1 Å². The molecule has 6 nitrogen and oxygen atoms in total. The van der Waals surface area contributed by atoms with Crippen LogP contribution < -0.4 is 5.73 Å². The molecular weight excluding hydrogens is 272 g/mol. The number of amides is 1. The van der Waals surface area contributed by atoms with Crippen molar-refractivity contribution in [3.63, 3.8) is 0 Å². The SMILES string of the molecule is C[C@@H](O)[C@H]1C(=O)N2C(C(=O)O)=C(c3cccc(N)c3)C[C@H]12. The summed E-state index contributed by atoms with van der Waals surface area (Å²) in [6.45, 7) is 1.55. The van der Waals surface area contributed by atoms with E-state index in [9.17, 15) is 19.8 Å². The number of anilines is 1. The Kier molecular flexibility index (Phi) is 2.98. The number of rotatable bonds is 3. The van der Waals surface area contributed by atoms with Crippen LogP contribution in [0.2, 0.25) is 0 Å². The molecule has 0 saturated carbocycles. The Labute approximate surface area is 121 Å². The number of β-lactam (4-membered cyclic amide) rings is 1. The molecule has 0 radical (unpaired) electrons. The number of hydrogen-bond donors (Lipinski definition) is 3. The van der Waals surface area contributed by atoms with Gasteiger partial charge < -0.3 is 20.8 Å². The van der Waals surface area contributed by atoms with Crippen molar-refractivity contribution in [2.75, 3.05) is 5.73 Å². The predicted octanol–water partition coefficient (Wildman–Crippen LogP) is 0.676. The van der Waals surface area contributed by atoms with Crippen LogP contribution in [0.15, 0.2) is 30.0 Å². The monoisotopic (exact) mass is 288 g/mol. The molecule has 0 aliphatic carbocycles. The first-order valence-corrected chi connectivity index (χ1v) is 6.75. The van der Waals surface area contributed by atoms with Crippen LogP contribution in [0.3, 0.4) is 0 Å². The minimum absolute atomic E-state index is 0.00694. The molecule has 2 aliphatic rings. The van der Waals surface area contributed by atoms with E-state index < -0.39 is 18.0 Å². The average molecular weight is 288 g/mol. The second-order valence-electron chi connectivity index (χ2n) is 5.50. The minimum Gasteiger partial charge on any atom is -0.477 e. The van der Waals surface area contributed by atoms with E-state index in [1.165, 1.54) is 4.90 Å². The Balaban J connectivity index is 2.04. The Morgan fingerprint density at radius 3 is 2.76 bits per heavy atom. The van der Waals surface area contributed by atoms with E-state index in [1.54, 1.807) is 31.2 Å². The lowest BCUT2D eigenvalue weighted by atomic mass is 9.82. The molecule has 0 aromatic heterocycles. The van der Waals surface area contributed by atoms with E-state index in [0.29, 0.717) is 23.2 Å². The second kappa shape index (κ2) is 4.60. The van der Waals surface area contributed by atoms with Gasteiger partial charge in [0.15, 0.2) is 0 Å². The maximum atomic E-state index is 12.1. The van der Waals surface area contributed by atoms with Crippen molar-refractivity contribution in [1.29, 1.82) is 0 Å². The quantitative estimate of drug-likeness (QED) is 0.560. The third-order valence-electron chi connectivity index (χ3n) is 4.17. The molecule has 0 bridgehead atoms. The average Bonchev–Trinajstić information content (AvgIpc) is 2.73. The Morgan fingerprint density at radius 2 is 2.19 bits per heavy atom. The largest absolute Gasteiger partial charge is 0.477 e. The van der Waals surface area contributed by atoms with Crippen LogP contribution in [0.5, 0.6) is 0 Å². The molecule has 3 atom stereocenters. The summed E-state index contributed by atoms with van der Waals surface area (Å²) < 4.78 is 0. The Morgan fingerprint density at radius 1 is 1.48 bits per heavy atom. The van der Waals surface area contributed by atoms with Crippen LogP contribution in [0.25, 0.3) is 5.57 Å². The molecule has 4 N–H and O–H groups in total. The van der Waals surface area contributed by atoms with E-state index in [1.807, 2.05) is 0 Å². The number of carboxylic acid groups (broad SMARTS) is 1. The van der Waals surface area contributed by atoms with Crippen LogP contribution >= 0.6 is 0 Å². The lowest BCUT2D eigenvalue weighted by Gasteiger charge is -2.44. The van der Waals surface area contributed by atoms with Gasteiger partial charge in [0.25, 0.3) is 0 Å². The smallest absolute Gasteiger partial charge is 0.352 e. The summed E-state index contributed by atoms with van der Waals surface area (Å²) >= 11 is 0. The molecule has 1 aromatic rings. The highest BCUT2D eigenvalue weighted by atomic mass is 16.4. The van der Waals surface area contributed by atoms with Gasteiger partial charge in [-0.2, -0.15) is 0 Å². The maximum Gasteiger partial charge on any atom is 0.352 e. The number of fused-ring (bicyclic) bond motifs is 1. The number of nitrogen functional groups attached to an aromatic ring is 1. The maximum absolute atomic E-state index is 12.1. The van der Waals surface area contributed by atoms with Crippen molar-refractivity contribution in [3.05, 3.63) is 35.5 Å². The number of carboxylic acids is 1. The molecule has 0 spiro atoms. The number of nitrogens with zero attached hydrogens (tertiary/aromatic N) is 1. The highest BCUT2D eigenvalue weighted by Gasteiger charge is 2.56. The molecule has 3 rings (SSSR count). The van der Waals surface area contributed by atoms with Crippen LogP contribution in [-0.2, 0) is 9.59 Å². The fraction of sp³-hybridized carbons (Fsp3) is 0.333. The van der Waals surface area contributed by atoms with E-state index >= 15 is 0 Å². The Hall–Kier alpha value is -2.34. The number of carbonyl (C=O) groups excluding carboxylic acids is 1. The standard InChI is InChI=1S/C15H16N2O4/c1-7(18)12-11-6-10(8-3-2-4-9(16)5-8)13(15(20)21)17(11)14(12)19/h2-5,7,11-12,18H,6,16H2,1H3,(H,20,21)/t7-,11-,12-/m1/s1. The van der Waals surface area contributed by atoms with Crippen LogP contribution in [-0.4, -0.2) is 39.1 Å². The summed E-state index contributed by atoms with van der Waals surface area (Å²) in [7, 11) is 0. The summed E-state index contributed by atoms with van der Waals surface area (Å²) in [5, 5.41) is 19.1. The highest BCUT2D eigenvalue weighted by Crippen LogP contribution is 2.46. The van der Waals surface area contributed by atoms with E-state index in [-0.39, 0.29) is 17.6 Å². The number of carbonyl (C=O) groups is 2. The summed E-state index contributed by atoms with van der Waals surface area (Å²) in [6, 6.07) is 6.67. The number of hydrogen-bond acceptors (Lipinski definition) is 4. The normalized spacial score (nSPS) is 25.6. The molecule has 6 heteroatoms. The molecule has 1 aromatic carbocycles. The molecule has 1 amide bonds. The van der Waals surface area contributed by atoms with E-state index in [2.05, 4.69) is 0 Å². The number of nitrogens with two attached hydrogens (primary N) is 1. The summed E-state index contributed by atoms with van der Waals surface area (Å²) in [5.41, 5.74) is 7.59. The molecule has 2 aliphatic heterocycles. The fourth-order valence-corrected chi connectivity index (χ4v) is 3.25. The van der Waals surface area contributed by atoms with Crippen molar-refractivity contribution in [3.8, 4) is 0 Å². The topological polar surface area (TPSA) is 104 Å². The van der Waals surface area contributed by atoms with Gasteiger partial charge in [-0.25, -0.2) is 4.79 Å². The summed E-state index contributed by atoms with van der Waals surface area (Å²) in [6.07, 6.45) is -0.360. The van der Waals surface area contributed by atoms with E-state index in [4.69, 9.17) is 5.73 Å². The third-order valence-corrected chi connectivity index (χ3v) is 4.17.